The number of hydrogen-bond donors (Lipinski definition) is 1. The van der Waals surface area contributed by atoms with Gasteiger partial charge in [-0.1, -0.05) is 41.3 Å². The van der Waals surface area contributed by atoms with Crippen LogP contribution in [-0.4, -0.2) is 34.8 Å². The highest BCUT2D eigenvalue weighted by atomic mass is 32.2. The number of methoxy groups -OCH3 is 1. The van der Waals surface area contributed by atoms with Crippen molar-refractivity contribution in [2.24, 2.45) is 5.73 Å². The fourth-order valence-corrected chi connectivity index (χ4v) is 5.57. The topological polar surface area (TPSA) is 122 Å². The number of rotatable bonds is 5. The van der Waals surface area contributed by atoms with Crippen LogP contribution in [0, 0.1) is 17.1 Å². The number of halogens is 1. The van der Waals surface area contributed by atoms with Gasteiger partial charge in [0.1, 0.15) is 11.6 Å². The van der Waals surface area contributed by atoms with E-state index in [1.165, 1.54) is 24.5 Å². The normalized spacial score (nSPS) is 18.5. The molecule has 2 aliphatic rings. The van der Waals surface area contributed by atoms with E-state index in [-0.39, 0.29) is 28.5 Å². The summed E-state index contributed by atoms with van der Waals surface area (Å²) in [6.07, 6.45) is 1.44. The molecule has 0 fully saturated rings. The highest BCUT2D eigenvalue weighted by molar-refractivity contribution is 8.01. The summed E-state index contributed by atoms with van der Waals surface area (Å²) in [7, 11) is 1.30. The molecule has 0 saturated heterocycles. The number of esters is 1. The van der Waals surface area contributed by atoms with Crippen molar-refractivity contribution in [2.75, 3.05) is 17.8 Å². The van der Waals surface area contributed by atoms with E-state index in [0.29, 0.717) is 40.0 Å². The van der Waals surface area contributed by atoms with Crippen molar-refractivity contribution < 1.29 is 18.7 Å². The van der Waals surface area contributed by atoms with Gasteiger partial charge in [-0.3, -0.25) is 14.5 Å². The number of nitrogens with zero attached hydrogens (tertiary/aromatic N) is 4. The molecule has 1 aliphatic carbocycles. The number of Topliss-reactive ketones (excluding diaryl/α,β-unsaturated/α-hetero) is 1. The maximum absolute atomic E-state index is 14.7. The zero-order valence-electron chi connectivity index (χ0n) is 17.0. The number of carbonyl (C=O) groups excluding carboxylic acids is 2. The van der Waals surface area contributed by atoms with E-state index in [1.54, 1.807) is 23.1 Å². The number of ketones is 1. The lowest BCUT2D eigenvalue weighted by molar-refractivity contribution is -0.137. The molecule has 164 valence electrons. The van der Waals surface area contributed by atoms with Crippen LogP contribution in [0.4, 0.5) is 9.52 Å². The van der Waals surface area contributed by atoms with Crippen LogP contribution in [0.5, 0.6) is 0 Å². The number of nitriles is 1. The maximum atomic E-state index is 14.7. The van der Waals surface area contributed by atoms with Gasteiger partial charge in [0.2, 0.25) is 5.13 Å². The van der Waals surface area contributed by atoms with Gasteiger partial charge in [-0.05, 0) is 18.9 Å². The Kier molecular flexibility index (Phi) is 6.25. The molecule has 0 amide bonds. The number of hydrogen-bond acceptors (Lipinski definition) is 10. The van der Waals surface area contributed by atoms with Crippen LogP contribution in [0.1, 0.15) is 30.7 Å². The molecule has 1 aromatic heterocycles. The molecule has 1 aromatic carbocycles. The summed E-state index contributed by atoms with van der Waals surface area (Å²) >= 11 is 2.35. The molecule has 8 nitrogen and oxygen atoms in total. The number of aromatic nitrogens is 2. The molecular formula is C21H18FN5O3S2. The Balaban J connectivity index is 1.82. The molecule has 0 saturated carbocycles. The number of benzene rings is 1. The second-order valence-electron chi connectivity index (χ2n) is 7.05. The Morgan fingerprint density at radius 2 is 2.19 bits per heavy atom. The average Bonchev–Trinajstić information content (AvgIpc) is 3.25. The van der Waals surface area contributed by atoms with Crippen LogP contribution in [0.2, 0.25) is 0 Å². The molecule has 1 unspecified atom stereocenters. The van der Waals surface area contributed by atoms with Gasteiger partial charge in [0.05, 0.1) is 30.4 Å². The van der Waals surface area contributed by atoms with Gasteiger partial charge in [-0.2, -0.15) is 5.26 Å². The lowest BCUT2D eigenvalue weighted by Gasteiger charge is -2.38. The van der Waals surface area contributed by atoms with E-state index in [9.17, 15) is 19.2 Å². The Labute approximate surface area is 191 Å². The average molecular weight is 472 g/mol. The Bertz CT molecular complexity index is 1200. The summed E-state index contributed by atoms with van der Waals surface area (Å²) < 4.78 is 19.9. The molecule has 2 aromatic rings. The first-order valence-electron chi connectivity index (χ1n) is 9.70. The maximum Gasteiger partial charge on any atom is 0.316 e. The Hall–Kier alpha value is -3.23. The van der Waals surface area contributed by atoms with Crippen LogP contribution in [-0.2, 0) is 14.3 Å². The number of thioether (sulfide) groups is 1. The highest BCUT2D eigenvalue weighted by Crippen LogP contribution is 2.47. The third-order valence-electron chi connectivity index (χ3n) is 5.26. The van der Waals surface area contributed by atoms with Crippen molar-refractivity contribution in [1.29, 1.82) is 5.26 Å². The molecule has 32 heavy (non-hydrogen) atoms. The molecule has 1 aliphatic heterocycles. The number of anilines is 1. The predicted octanol–water partition coefficient (Wildman–Crippen LogP) is 3.25. The minimum Gasteiger partial charge on any atom is -0.468 e. The van der Waals surface area contributed by atoms with Crippen molar-refractivity contribution in [2.45, 2.75) is 29.5 Å². The van der Waals surface area contributed by atoms with Gasteiger partial charge in [0.25, 0.3) is 0 Å². The number of allylic oxidation sites excluding steroid dienone is 3. The molecule has 2 N–H and O–H groups in total. The third-order valence-corrected chi connectivity index (χ3v) is 7.27. The second-order valence-corrected chi connectivity index (χ2v) is 9.23. The molecule has 2 heterocycles. The van der Waals surface area contributed by atoms with Crippen molar-refractivity contribution in [3.8, 4) is 6.07 Å². The molecular weight excluding hydrogens is 453 g/mol. The van der Waals surface area contributed by atoms with E-state index in [1.807, 2.05) is 0 Å². The van der Waals surface area contributed by atoms with E-state index in [0.717, 1.165) is 11.8 Å². The number of nitrogens with two attached hydrogens (primary N) is 1. The summed E-state index contributed by atoms with van der Waals surface area (Å²) in [5, 5.41) is 18.6. The Morgan fingerprint density at radius 3 is 2.91 bits per heavy atom. The lowest BCUT2D eigenvalue weighted by atomic mass is 9.75. The van der Waals surface area contributed by atoms with E-state index in [4.69, 9.17) is 5.73 Å². The smallest absolute Gasteiger partial charge is 0.316 e. The van der Waals surface area contributed by atoms with Gasteiger partial charge in [0.15, 0.2) is 10.1 Å². The first kappa shape index (κ1) is 22.0. The van der Waals surface area contributed by atoms with Crippen LogP contribution in [0.25, 0.3) is 0 Å². The van der Waals surface area contributed by atoms with Crippen LogP contribution in [0.3, 0.4) is 0 Å². The minimum atomic E-state index is -0.874. The lowest BCUT2D eigenvalue weighted by Crippen LogP contribution is -2.38. The van der Waals surface area contributed by atoms with Crippen molar-refractivity contribution in [3.63, 3.8) is 0 Å². The van der Waals surface area contributed by atoms with E-state index >= 15 is 0 Å². The van der Waals surface area contributed by atoms with E-state index < -0.39 is 17.7 Å². The number of ether oxygens (including phenoxy) is 1. The standard InChI is InChI=1S/C21H18FN5O3S2/c1-30-16(29)10-31-21-26-25-20(32-21)27-14-7-4-8-15(28)18(14)17(12(9-23)19(27)24)11-5-2-3-6-13(11)22/h2-3,5-6,17H,4,7-8,10,24H2,1H3. The quantitative estimate of drug-likeness (QED) is 0.517. The monoisotopic (exact) mass is 471 g/mol. The molecule has 1 atom stereocenters. The fourth-order valence-electron chi connectivity index (χ4n) is 3.86. The SMILES string of the molecule is COC(=O)CSc1nnc(N2C(N)=C(C#N)C(c3ccccc3F)C3=C2CCCC3=O)s1. The third kappa shape index (κ3) is 3.87. The summed E-state index contributed by atoms with van der Waals surface area (Å²) in [5.74, 6) is -1.76. The minimum absolute atomic E-state index is 0.0711. The van der Waals surface area contributed by atoms with Crippen molar-refractivity contribution in [1.82, 2.24) is 10.2 Å². The predicted molar refractivity (Wildman–Crippen MR) is 117 cm³/mol. The first-order valence-corrected chi connectivity index (χ1v) is 11.5. The van der Waals surface area contributed by atoms with Crippen molar-refractivity contribution in [3.05, 3.63) is 58.3 Å². The van der Waals surface area contributed by atoms with Crippen LogP contribution < -0.4 is 10.6 Å². The summed E-state index contributed by atoms with van der Waals surface area (Å²) in [5.41, 5.74) is 7.72. The molecule has 4 rings (SSSR count). The van der Waals surface area contributed by atoms with Crippen molar-refractivity contribution >= 4 is 40.0 Å². The van der Waals surface area contributed by atoms with E-state index in [2.05, 4.69) is 21.0 Å². The number of carbonyl (C=O) groups is 2. The van der Waals surface area contributed by atoms with Gasteiger partial charge in [-0.25, -0.2) is 4.39 Å². The largest absolute Gasteiger partial charge is 0.468 e. The molecule has 11 heteroatoms. The van der Waals surface area contributed by atoms with Gasteiger partial charge in [0, 0.05) is 23.3 Å². The summed E-state index contributed by atoms with van der Waals surface area (Å²) in [6, 6.07) is 8.18. The highest BCUT2D eigenvalue weighted by Gasteiger charge is 2.42. The zero-order chi connectivity index (χ0) is 22.8. The molecule has 0 radical (unpaired) electrons. The van der Waals surface area contributed by atoms with Crippen LogP contribution >= 0.6 is 23.1 Å². The zero-order valence-corrected chi connectivity index (χ0v) is 18.6. The second kappa shape index (κ2) is 9.10. The summed E-state index contributed by atoms with van der Waals surface area (Å²) in [6.45, 7) is 0. The van der Waals surface area contributed by atoms with Crippen LogP contribution in [0.15, 0.2) is 51.3 Å². The Morgan fingerprint density at radius 1 is 1.41 bits per heavy atom. The molecule has 0 spiro atoms. The summed E-state index contributed by atoms with van der Waals surface area (Å²) in [4.78, 5) is 26.0. The van der Waals surface area contributed by atoms with Gasteiger partial charge >= 0.3 is 5.97 Å². The molecule has 0 bridgehead atoms. The van der Waals surface area contributed by atoms with Gasteiger partial charge in [-0.15, -0.1) is 10.2 Å². The fraction of sp³-hybridized carbons (Fsp3) is 0.286. The first-order chi connectivity index (χ1) is 15.5. The van der Waals surface area contributed by atoms with Gasteiger partial charge < -0.3 is 10.5 Å².